The van der Waals surface area contributed by atoms with E-state index in [-0.39, 0.29) is 22.5 Å². The third-order valence-electron chi connectivity index (χ3n) is 4.44. The van der Waals surface area contributed by atoms with Crippen LogP contribution < -0.4 is 0 Å². The summed E-state index contributed by atoms with van der Waals surface area (Å²) in [5.41, 5.74) is 1.03. The number of hydrogen-bond donors (Lipinski definition) is 0. The van der Waals surface area contributed by atoms with Crippen LogP contribution in [0.2, 0.25) is 0 Å². The maximum atomic E-state index is 12.3. The van der Waals surface area contributed by atoms with Gasteiger partial charge in [-0.1, -0.05) is 12.8 Å². The van der Waals surface area contributed by atoms with Gasteiger partial charge in [0.2, 0.25) is 0 Å². The molecule has 2 amide bonds. The van der Waals surface area contributed by atoms with Gasteiger partial charge in [-0.05, 0) is 42.8 Å². The van der Waals surface area contributed by atoms with Crippen LogP contribution in [-0.2, 0) is 9.59 Å². The largest absolute Gasteiger partial charge is 0.351 e. The summed E-state index contributed by atoms with van der Waals surface area (Å²) in [7, 11) is 3.18. The summed E-state index contributed by atoms with van der Waals surface area (Å²) in [5, 5.41) is 0.232. The van der Waals surface area contributed by atoms with E-state index in [4.69, 9.17) is 12.2 Å². The zero-order valence-corrected chi connectivity index (χ0v) is 13.6. The van der Waals surface area contributed by atoms with E-state index < -0.39 is 0 Å². The van der Waals surface area contributed by atoms with Gasteiger partial charge in [-0.2, -0.15) is 0 Å². The van der Waals surface area contributed by atoms with Crippen molar-refractivity contribution >= 4 is 35.2 Å². The van der Waals surface area contributed by atoms with Crippen LogP contribution >= 0.6 is 12.2 Å². The van der Waals surface area contributed by atoms with Crippen LogP contribution in [0.1, 0.15) is 37.3 Å². The first kappa shape index (κ1) is 15.0. The first-order valence-corrected chi connectivity index (χ1v) is 7.89. The summed E-state index contributed by atoms with van der Waals surface area (Å²) in [6.45, 7) is 0. The van der Waals surface area contributed by atoms with Crippen molar-refractivity contribution in [2.75, 3.05) is 14.1 Å². The zero-order chi connectivity index (χ0) is 15.9. The Morgan fingerprint density at radius 1 is 1.14 bits per heavy atom. The number of rotatable bonds is 2. The van der Waals surface area contributed by atoms with Gasteiger partial charge >= 0.3 is 0 Å². The number of carbonyl (C=O) groups excluding carboxylic acids is 2. The Morgan fingerprint density at radius 2 is 1.73 bits per heavy atom. The van der Waals surface area contributed by atoms with E-state index in [9.17, 15) is 9.59 Å². The fourth-order valence-corrected chi connectivity index (χ4v) is 3.25. The molecule has 2 heterocycles. The summed E-state index contributed by atoms with van der Waals surface area (Å²) in [4.78, 5) is 27.2. The highest BCUT2D eigenvalue weighted by atomic mass is 32.1. The molecule has 1 saturated heterocycles. The van der Waals surface area contributed by atoms with Crippen molar-refractivity contribution in [2.24, 2.45) is 0 Å². The average molecular weight is 317 g/mol. The summed E-state index contributed by atoms with van der Waals surface area (Å²) >= 11 is 5.08. The lowest BCUT2D eigenvalue weighted by Crippen LogP contribution is -2.52. The Morgan fingerprint density at radius 3 is 2.32 bits per heavy atom. The molecule has 5 nitrogen and oxygen atoms in total. The van der Waals surface area contributed by atoms with Crippen molar-refractivity contribution in [1.82, 2.24) is 14.4 Å². The Kier molecular flexibility index (Phi) is 3.87. The van der Waals surface area contributed by atoms with Gasteiger partial charge in [0, 0.05) is 32.5 Å². The van der Waals surface area contributed by atoms with Crippen molar-refractivity contribution in [3.05, 3.63) is 29.6 Å². The fourth-order valence-electron chi connectivity index (χ4n) is 3.09. The predicted octanol–water partition coefficient (Wildman–Crippen LogP) is 2.20. The minimum atomic E-state index is -0.346. The molecule has 0 radical (unpaired) electrons. The molecule has 0 bridgehead atoms. The summed E-state index contributed by atoms with van der Waals surface area (Å²) in [6.07, 6.45) is 10.6. The van der Waals surface area contributed by atoms with Crippen molar-refractivity contribution in [1.29, 1.82) is 0 Å². The first-order valence-electron chi connectivity index (χ1n) is 7.48. The van der Waals surface area contributed by atoms with Crippen LogP contribution in [0.4, 0.5) is 0 Å². The Bertz CT molecular complexity index is 645. The van der Waals surface area contributed by atoms with Crippen molar-refractivity contribution < 1.29 is 9.59 Å². The number of amides is 2. The standard InChI is InChI=1S/C16H19N3O2S/c1-17-14(20)13(15(21)18(2)16(17)22)9-11-7-8-19(10-11)12-5-3-4-6-12/h7-10,12H,3-6H2,1-2H3. The molecule has 6 heteroatoms. The number of hydrogen-bond acceptors (Lipinski definition) is 3. The second kappa shape index (κ2) is 5.68. The van der Waals surface area contributed by atoms with Gasteiger partial charge in [0.25, 0.3) is 11.8 Å². The van der Waals surface area contributed by atoms with Gasteiger partial charge < -0.3 is 4.57 Å². The first-order chi connectivity index (χ1) is 10.5. The lowest BCUT2D eigenvalue weighted by molar-refractivity contribution is -0.132. The highest BCUT2D eigenvalue weighted by molar-refractivity contribution is 7.80. The van der Waals surface area contributed by atoms with Crippen LogP contribution in [0, 0.1) is 0 Å². The van der Waals surface area contributed by atoms with Gasteiger partial charge in [0.1, 0.15) is 5.57 Å². The minimum absolute atomic E-state index is 0.155. The quantitative estimate of drug-likeness (QED) is 0.477. The van der Waals surface area contributed by atoms with Gasteiger partial charge in [-0.25, -0.2) is 0 Å². The lowest BCUT2D eigenvalue weighted by atomic mass is 10.1. The van der Waals surface area contributed by atoms with E-state index in [0.29, 0.717) is 6.04 Å². The average Bonchev–Trinajstić information content (AvgIpc) is 3.18. The van der Waals surface area contributed by atoms with Gasteiger partial charge in [-0.3, -0.25) is 19.4 Å². The van der Waals surface area contributed by atoms with Gasteiger partial charge in [0.05, 0.1) is 0 Å². The highest BCUT2D eigenvalue weighted by Crippen LogP contribution is 2.30. The maximum Gasteiger partial charge on any atom is 0.265 e. The second-order valence-corrected chi connectivity index (χ2v) is 6.26. The number of thiocarbonyl (C=S) groups is 1. The lowest BCUT2D eigenvalue weighted by Gasteiger charge is -2.31. The third kappa shape index (κ3) is 2.47. The SMILES string of the molecule is CN1C(=O)C(=Cc2ccn(C3CCCC3)c2)C(=O)N(C)C1=S. The molecule has 1 saturated carbocycles. The van der Waals surface area contributed by atoms with Gasteiger partial charge in [0.15, 0.2) is 5.11 Å². The van der Waals surface area contributed by atoms with Crippen LogP contribution in [0.3, 0.4) is 0 Å². The molecule has 1 aliphatic carbocycles. The molecule has 1 aromatic heterocycles. The number of nitrogens with zero attached hydrogens (tertiary/aromatic N) is 3. The maximum absolute atomic E-state index is 12.3. The number of likely N-dealkylation sites (N-methyl/N-ethyl adjacent to an activating group) is 2. The topological polar surface area (TPSA) is 45.6 Å². The Balaban J connectivity index is 1.88. The van der Waals surface area contributed by atoms with E-state index in [1.807, 2.05) is 18.5 Å². The summed E-state index contributed by atoms with van der Waals surface area (Å²) < 4.78 is 2.19. The van der Waals surface area contributed by atoms with E-state index in [1.54, 1.807) is 20.2 Å². The molecule has 0 atom stereocenters. The predicted molar refractivity (Wildman–Crippen MR) is 88.1 cm³/mol. The molecule has 116 valence electrons. The molecule has 0 aromatic carbocycles. The van der Waals surface area contributed by atoms with E-state index in [0.717, 1.165) is 5.56 Å². The molecule has 1 aliphatic heterocycles. The zero-order valence-electron chi connectivity index (χ0n) is 12.8. The molecule has 0 unspecified atom stereocenters. The smallest absolute Gasteiger partial charge is 0.265 e. The molecule has 0 N–H and O–H groups in total. The molecule has 2 aliphatic rings. The molecular formula is C16H19N3O2S. The number of carbonyl (C=O) groups is 2. The van der Waals surface area contributed by atoms with Crippen molar-refractivity contribution in [2.45, 2.75) is 31.7 Å². The monoisotopic (exact) mass is 317 g/mol. The summed E-state index contributed by atoms with van der Waals surface area (Å²) in [5.74, 6) is -0.691. The van der Waals surface area contributed by atoms with Crippen LogP contribution in [-0.4, -0.2) is 45.4 Å². The van der Waals surface area contributed by atoms with Crippen LogP contribution in [0.25, 0.3) is 6.08 Å². The molecule has 2 fully saturated rings. The minimum Gasteiger partial charge on any atom is -0.351 e. The van der Waals surface area contributed by atoms with Crippen LogP contribution in [0.5, 0.6) is 0 Å². The van der Waals surface area contributed by atoms with Crippen molar-refractivity contribution in [3.63, 3.8) is 0 Å². The van der Waals surface area contributed by atoms with E-state index in [1.165, 1.54) is 35.5 Å². The Hall–Kier alpha value is -1.95. The Labute approximate surface area is 135 Å². The molecule has 3 rings (SSSR count). The normalized spacial score (nSPS) is 20.3. The third-order valence-corrected chi connectivity index (χ3v) is 4.99. The van der Waals surface area contributed by atoms with Crippen molar-refractivity contribution in [3.8, 4) is 0 Å². The fraction of sp³-hybridized carbons (Fsp3) is 0.438. The van der Waals surface area contributed by atoms with E-state index in [2.05, 4.69) is 4.57 Å². The number of aromatic nitrogens is 1. The van der Waals surface area contributed by atoms with Gasteiger partial charge in [-0.15, -0.1) is 0 Å². The molecular weight excluding hydrogens is 298 g/mol. The van der Waals surface area contributed by atoms with E-state index >= 15 is 0 Å². The second-order valence-electron chi connectivity index (χ2n) is 5.90. The van der Waals surface area contributed by atoms with Crippen LogP contribution in [0.15, 0.2) is 24.0 Å². The molecule has 22 heavy (non-hydrogen) atoms. The summed E-state index contributed by atoms with van der Waals surface area (Å²) in [6, 6.07) is 2.49. The molecule has 0 spiro atoms. The molecule has 1 aromatic rings. The highest BCUT2D eigenvalue weighted by Gasteiger charge is 2.35.